The monoisotopic (exact) mass is 394 g/mol. The number of nitrogens with one attached hydrogen (secondary N) is 1. The van der Waals surface area contributed by atoms with Gasteiger partial charge in [0.1, 0.15) is 6.04 Å². The number of halogens is 1. The molecular formula is C19H23ClN2O3S. The van der Waals surface area contributed by atoms with Gasteiger partial charge in [0, 0.05) is 11.6 Å². The van der Waals surface area contributed by atoms with E-state index in [9.17, 15) is 13.2 Å². The fraction of sp³-hybridized carbons (Fsp3) is 0.316. The second-order valence-corrected chi connectivity index (χ2v) is 8.58. The van der Waals surface area contributed by atoms with E-state index in [2.05, 4.69) is 5.32 Å². The van der Waals surface area contributed by atoms with Crippen LogP contribution in [0.2, 0.25) is 5.02 Å². The molecule has 2 aromatic rings. The van der Waals surface area contributed by atoms with Crippen molar-refractivity contribution in [3.63, 3.8) is 0 Å². The van der Waals surface area contributed by atoms with Crippen LogP contribution in [0.1, 0.15) is 23.6 Å². The molecule has 0 saturated heterocycles. The first kappa shape index (κ1) is 20.3. The number of nitrogens with zero attached hydrogens (tertiary/aromatic N) is 1. The number of carbonyl (C=O) groups is 1. The lowest BCUT2D eigenvalue weighted by molar-refractivity contribution is -0.122. The van der Waals surface area contributed by atoms with Crippen LogP contribution in [-0.2, 0) is 21.4 Å². The van der Waals surface area contributed by atoms with Gasteiger partial charge in [-0.3, -0.25) is 9.10 Å². The largest absolute Gasteiger partial charge is 0.350 e. The summed E-state index contributed by atoms with van der Waals surface area (Å²) in [5.41, 5.74) is 3.25. The van der Waals surface area contributed by atoms with Crippen molar-refractivity contribution in [2.45, 2.75) is 33.4 Å². The molecule has 1 N–H and O–H groups in total. The predicted octanol–water partition coefficient (Wildman–Crippen LogP) is 3.43. The maximum absolute atomic E-state index is 12.6. The van der Waals surface area contributed by atoms with Crippen LogP contribution in [0.4, 0.5) is 5.69 Å². The summed E-state index contributed by atoms with van der Waals surface area (Å²) >= 11 is 6.09. The molecule has 2 rings (SSSR count). The van der Waals surface area contributed by atoms with E-state index < -0.39 is 22.0 Å². The van der Waals surface area contributed by atoms with E-state index in [0.717, 1.165) is 27.3 Å². The molecule has 0 fully saturated rings. The van der Waals surface area contributed by atoms with Gasteiger partial charge in [-0.2, -0.15) is 0 Å². The van der Waals surface area contributed by atoms with Crippen LogP contribution in [0.15, 0.2) is 42.5 Å². The van der Waals surface area contributed by atoms with Gasteiger partial charge in [0.15, 0.2) is 0 Å². The zero-order chi connectivity index (χ0) is 19.5. The van der Waals surface area contributed by atoms with Crippen LogP contribution in [0.25, 0.3) is 0 Å². The zero-order valence-corrected chi connectivity index (χ0v) is 16.9. The third kappa shape index (κ3) is 4.77. The van der Waals surface area contributed by atoms with Gasteiger partial charge in [-0.25, -0.2) is 8.42 Å². The van der Waals surface area contributed by atoms with Crippen molar-refractivity contribution >= 4 is 33.2 Å². The van der Waals surface area contributed by atoms with E-state index in [-0.39, 0.29) is 6.54 Å². The lowest BCUT2D eigenvalue weighted by Gasteiger charge is -2.28. The fourth-order valence-electron chi connectivity index (χ4n) is 2.64. The Morgan fingerprint density at radius 1 is 1.15 bits per heavy atom. The van der Waals surface area contributed by atoms with Gasteiger partial charge in [0.2, 0.25) is 15.9 Å². The molecule has 0 bridgehead atoms. The van der Waals surface area contributed by atoms with Crippen LogP contribution in [0, 0.1) is 13.8 Å². The third-order valence-electron chi connectivity index (χ3n) is 4.24. The number of sulfonamides is 1. The van der Waals surface area contributed by atoms with Crippen LogP contribution in [0.5, 0.6) is 0 Å². The first-order valence-corrected chi connectivity index (χ1v) is 10.4. The fourth-order valence-corrected chi connectivity index (χ4v) is 4.01. The molecule has 2 aromatic carbocycles. The summed E-state index contributed by atoms with van der Waals surface area (Å²) in [6, 6.07) is 11.6. The maximum Gasteiger partial charge on any atom is 0.243 e. The van der Waals surface area contributed by atoms with Gasteiger partial charge in [-0.15, -0.1) is 0 Å². The summed E-state index contributed by atoms with van der Waals surface area (Å²) in [5.74, 6) is -0.395. The van der Waals surface area contributed by atoms with Gasteiger partial charge in [-0.1, -0.05) is 35.9 Å². The Bertz CT molecular complexity index is 913. The molecular weight excluding hydrogens is 372 g/mol. The Morgan fingerprint density at radius 3 is 2.38 bits per heavy atom. The summed E-state index contributed by atoms with van der Waals surface area (Å²) in [4.78, 5) is 12.6. The van der Waals surface area contributed by atoms with Crippen molar-refractivity contribution < 1.29 is 13.2 Å². The summed E-state index contributed by atoms with van der Waals surface area (Å²) < 4.78 is 25.8. The number of aryl methyl sites for hydroxylation is 2. The highest BCUT2D eigenvalue weighted by Crippen LogP contribution is 2.24. The van der Waals surface area contributed by atoms with Gasteiger partial charge in [0.05, 0.1) is 11.9 Å². The number of anilines is 1. The quantitative estimate of drug-likeness (QED) is 0.816. The highest BCUT2D eigenvalue weighted by Gasteiger charge is 2.29. The molecule has 26 heavy (non-hydrogen) atoms. The minimum absolute atomic E-state index is 0.230. The highest BCUT2D eigenvalue weighted by atomic mass is 35.5. The molecule has 0 unspecified atom stereocenters. The molecule has 0 aliphatic rings. The normalized spacial score (nSPS) is 12.5. The van der Waals surface area contributed by atoms with E-state index >= 15 is 0 Å². The molecule has 0 aromatic heterocycles. The highest BCUT2D eigenvalue weighted by molar-refractivity contribution is 7.92. The van der Waals surface area contributed by atoms with Crippen LogP contribution in [0.3, 0.4) is 0 Å². The van der Waals surface area contributed by atoms with E-state index in [1.165, 1.54) is 0 Å². The zero-order valence-electron chi connectivity index (χ0n) is 15.3. The molecule has 140 valence electrons. The molecule has 0 saturated carbocycles. The van der Waals surface area contributed by atoms with Crippen molar-refractivity contribution in [2.24, 2.45) is 0 Å². The minimum atomic E-state index is -3.64. The molecule has 1 amide bonds. The molecule has 1 atom stereocenters. The Morgan fingerprint density at radius 2 is 1.81 bits per heavy atom. The molecule has 0 aliphatic heterocycles. The van der Waals surface area contributed by atoms with Gasteiger partial charge in [0.25, 0.3) is 0 Å². The lowest BCUT2D eigenvalue weighted by atomic mass is 10.1. The van der Waals surface area contributed by atoms with Crippen molar-refractivity contribution in [3.8, 4) is 0 Å². The van der Waals surface area contributed by atoms with Gasteiger partial charge >= 0.3 is 0 Å². The number of hydrogen-bond donors (Lipinski definition) is 1. The maximum atomic E-state index is 12.6. The molecule has 7 heteroatoms. The van der Waals surface area contributed by atoms with E-state index in [1.54, 1.807) is 31.2 Å². The number of benzene rings is 2. The standard InChI is InChI=1S/C19H23ClN2O3S/c1-13-9-10-17(11-14(13)2)22(26(4,24)25)15(3)19(23)21-12-16-7-5-6-8-18(16)20/h5-11,15H,12H2,1-4H3,(H,21,23)/t15-/m0/s1. The number of hydrogen-bond acceptors (Lipinski definition) is 3. The summed E-state index contributed by atoms with van der Waals surface area (Å²) in [7, 11) is -3.64. The predicted molar refractivity (Wildman–Crippen MR) is 106 cm³/mol. The molecule has 0 radical (unpaired) electrons. The molecule has 0 spiro atoms. The molecule has 0 heterocycles. The van der Waals surface area contributed by atoms with Crippen LogP contribution in [-0.4, -0.2) is 26.6 Å². The Balaban J connectivity index is 2.23. The van der Waals surface area contributed by atoms with Crippen molar-refractivity contribution in [2.75, 3.05) is 10.6 Å². The van der Waals surface area contributed by atoms with Crippen molar-refractivity contribution in [1.29, 1.82) is 0 Å². The van der Waals surface area contributed by atoms with E-state index in [1.807, 2.05) is 32.0 Å². The van der Waals surface area contributed by atoms with Crippen molar-refractivity contribution in [1.82, 2.24) is 5.32 Å². The van der Waals surface area contributed by atoms with Crippen LogP contribution >= 0.6 is 11.6 Å². The van der Waals surface area contributed by atoms with Gasteiger partial charge < -0.3 is 5.32 Å². The first-order chi connectivity index (χ1) is 12.1. The number of amides is 1. The summed E-state index contributed by atoms with van der Waals surface area (Å²) in [5, 5.41) is 3.31. The minimum Gasteiger partial charge on any atom is -0.350 e. The summed E-state index contributed by atoms with van der Waals surface area (Å²) in [6.45, 7) is 5.65. The van der Waals surface area contributed by atoms with E-state index in [0.29, 0.717) is 10.7 Å². The van der Waals surface area contributed by atoms with Gasteiger partial charge in [-0.05, 0) is 55.7 Å². The second kappa shape index (κ2) is 8.10. The summed E-state index contributed by atoms with van der Waals surface area (Å²) in [6.07, 6.45) is 1.10. The number of carbonyl (C=O) groups excluding carboxylic acids is 1. The van der Waals surface area contributed by atoms with Crippen LogP contribution < -0.4 is 9.62 Å². The Kier molecular flexibility index (Phi) is 6.31. The Labute approximate surface area is 160 Å². The first-order valence-electron chi connectivity index (χ1n) is 8.19. The average molecular weight is 395 g/mol. The SMILES string of the molecule is Cc1ccc(N([C@@H](C)C(=O)NCc2ccccc2Cl)S(C)(=O)=O)cc1C. The lowest BCUT2D eigenvalue weighted by Crippen LogP contribution is -2.47. The van der Waals surface area contributed by atoms with E-state index in [4.69, 9.17) is 11.6 Å². The van der Waals surface area contributed by atoms with Crippen molar-refractivity contribution in [3.05, 3.63) is 64.2 Å². The molecule has 0 aliphatic carbocycles. The smallest absolute Gasteiger partial charge is 0.243 e. The second-order valence-electron chi connectivity index (χ2n) is 6.31. The topological polar surface area (TPSA) is 66.5 Å². The number of rotatable bonds is 6. The third-order valence-corrected chi connectivity index (χ3v) is 5.85. The Hall–Kier alpha value is -2.05. The molecule has 5 nitrogen and oxygen atoms in total. The average Bonchev–Trinajstić information content (AvgIpc) is 2.56.